The molecule has 10 heteroatoms. The standard InChI is InChI=1S/C25H25F4N5O/c26-17-11-9-16(10-12-17)20-13-33(15-25(27,28)29)14-22(20)30-24(35)31-23-19-7-4-8-21(19)32-34(23)18-5-2-1-3-6-18/h1-3,5-6,9-12,20,22H,4,7-8,13-15H2,(H2,30,31,35)/t20-,22+/m0/s1. The molecule has 5 rings (SSSR count). The number of rotatable bonds is 5. The summed E-state index contributed by atoms with van der Waals surface area (Å²) < 4.78 is 54.3. The minimum absolute atomic E-state index is 0.0328. The van der Waals surface area contributed by atoms with Gasteiger partial charge in [-0.25, -0.2) is 13.9 Å². The van der Waals surface area contributed by atoms with E-state index >= 15 is 0 Å². The Morgan fingerprint density at radius 2 is 1.77 bits per heavy atom. The number of halogens is 4. The second-order valence-electron chi connectivity index (χ2n) is 9.05. The molecule has 1 aliphatic heterocycles. The molecule has 2 atom stereocenters. The van der Waals surface area contributed by atoms with E-state index in [2.05, 4.69) is 15.7 Å². The van der Waals surface area contributed by atoms with Crippen molar-refractivity contribution in [2.24, 2.45) is 0 Å². The van der Waals surface area contributed by atoms with E-state index in [1.54, 1.807) is 16.8 Å². The van der Waals surface area contributed by atoms with E-state index in [0.29, 0.717) is 11.4 Å². The van der Waals surface area contributed by atoms with Crippen LogP contribution < -0.4 is 10.6 Å². The lowest BCUT2D eigenvalue weighted by Gasteiger charge is -2.21. The highest BCUT2D eigenvalue weighted by molar-refractivity contribution is 5.90. The molecule has 184 valence electrons. The molecular formula is C25H25F4N5O. The Balaban J connectivity index is 1.37. The van der Waals surface area contributed by atoms with E-state index in [1.165, 1.54) is 17.0 Å². The molecule has 0 spiro atoms. The number of hydrogen-bond donors (Lipinski definition) is 2. The maximum atomic E-state index is 13.4. The number of amides is 2. The van der Waals surface area contributed by atoms with Crippen molar-refractivity contribution in [1.29, 1.82) is 0 Å². The number of likely N-dealkylation sites (tertiary alicyclic amines) is 1. The molecule has 0 unspecified atom stereocenters. The molecule has 2 aromatic carbocycles. The van der Waals surface area contributed by atoms with Gasteiger partial charge in [0.05, 0.1) is 24.0 Å². The van der Waals surface area contributed by atoms with Gasteiger partial charge in [0.1, 0.15) is 11.6 Å². The van der Waals surface area contributed by atoms with E-state index in [-0.39, 0.29) is 13.1 Å². The fraction of sp³-hybridized carbons (Fsp3) is 0.360. The van der Waals surface area contributed by atoms with Crippen molar-refractivity contribution in [3.8, 4) is 5.69 Å². The average molecular weight is 488 g/mol. The lowest BCUT2D eigenvalue weighted by Crippen LogP contribution is -2.43. The number of nitrogens with one attached hydrogen (secondary N) is 2. The minimum atomic E-state index is -4.35. The predicted molar refractivity (Wildman–Crippen MR) is 123 cm³/mol. The van der Waals surface area contributed by atoms with Gasteiger partial charge in [-0.15, -0.1) is 0 Å². The van der Waals surface area contributed by atoms with Gasteiger partial charge < -0.3 is 5.32 Å². The number of alkyl halides is 3. The van der Waals surface area contributed by atoms with Gasteiger partial charge in [0.2, 0.25) is 0 Å². The van der Waals surface area contributed by atoms with Gasteiger partial charge in [-0.3, -0.25) is 10.2 Å². The quantitative estimate of drug-likeness (QED) is 0.515. The Labute approximate surface area is 199 Å². The van der Waals surface area contributed by atoms with Crippen LogP contribution in [0.25, 0.3) is 5.69 Å². The average Bonchev–Trinajstić information content (AvgIpc) is 3.50. The number of carbonyl (C=O) groups excluding carboxylic acids is 1. The number of para-hydroxylation sites is 1. The van der Waals surface area contributed by atoms with Crippen molar-refractivity contribution in [1.82, 2.24) is 20.0 Å². The molecule has 1 aromatic heterocycles. The summed E-state index contributed by atoms with van der Waals surface area (Å²) in [4.78, 5) is 14.4. The maximum Gasteiger partial charge on any atom is 0.401 e. The molecule has 35 heavy (non-hydrogen) atoms. The molecule has 1 fully saturated rings. The SMILES string of the molecule is O=C(Nc1c2c(nn1-c1ccccc1)CCC2)N[C@@H]1CN(CC(F)(F)F)C[C@H]1c1ccc(F)cc1. The number of benzene rings is 2. The van der Waals surface area contributed by atoms with Gasteiger partial charge in [-0.05, 0) is 49.1 Å². The number of hydrogen-bond acceptors (Lipinski definition) is 3. The Bertz CT molecular complexity index is 1190. The van der Waals surface area contributed by atoms with Gasteiger partial charge in [0, 0.05) is 24.6 Å². The van der Waals surface area contributed by atoms with Crippen molar-refractivity contribution >= 4 is 11.8 Å². The fourth-order valence-corrected chi connectivity index (χ4v) is 5.05. The zero-order chi connectivity index (χ0) is 24.6. The summed E-state index contributed by atoms with van der Waals surface area (Å²) in [7, 11) is 0. The van der Waals surface area contributed by atoms with E-state index in [1.807, 2.05) is 30.3 Å². The third-order valence-electron chi connectivity index (χ3n) is 6.55. The third kappa shape index (κ3) is 5.17. The molecule has 2 heterocycles. The molecule has 3 aromatic rings. The third-order valence-corrected chi connectivity index (χ3v) is 6.55. The lowest BCUT2D eigenvalue weighted by atomic mass is 9.94. The molecule has 2 N–H and O–H groups in total. The van der Waals surface area contributed by atoms with Crippen LogP contribution >= 0.6 is 0 Å². The van der Waals surface area contributed by atoms with Gasteiger partial charge >= 0.3 is 12.2 Å². The number of aryl methyl sites for hydroxylation is 1. The topological polar surface area (TPSA) is 62.2 Å². The van der Waals surface area contributed by atoms with Crippen LogP contribution in [0, 0.1) is 5.82 Å². The van der Waals surface area contributed by atoms with Crippen molar-refractivity contribution in [3.63, 3.8) is 0 Å². The van der Waals surface area contributed by atoms with E-state index in [9.17, 15) is 22.4 Å². The second kappa shape index (κ2) is 9.33. The maximum absolute atomic E-state index is 13.4. The van der Waals surface area contributed by atoms with Crippen LogP contribution in [0.2, 0.25) is 0 Å². The number of carbonyl (C=O) groups is 1. The van der Waals surface area contributed by atoms with Crippen LogP contribution in [-0.2, 0) is 12.8 Å². The number of anilines is 1. The smallest absolute Gasteiger partial charge is 0.333 e. The van der Waals surface area contributed by atoms with Crippen LogP contribution in [0.15, 0.2) is 54.6 Å². The van der Waals surface area contributed by atoms with E-state index in [0.717, 1.165) is 36.2 Å². The summed E-state index contributed by atoms with van der Waals surface area (Å²) in [6.07, 6.45) is -1.79. The van der Waals surface area contributed by atoms with Gasteiger partial charge in [0.25, 0.3) is 0 Å². The van der Waals surface area contributed by atoms with E-state index in [4.69, 9.17) is 0 Å². The Morgan fingerprint density at radius 1 is 1.03 bits per heavy atom. The molecule has 1 aliphatic carbocycles. The van der Waals surface area contributed by atoms with Crippen molar-refractivity contribution in [2.75, 3.05) is 25.0 Å². The van der Waals surface area contributed by atoms with Crippen LogP contribution in [0.5, 0.6) is 0 Å². The Hall–Kier alpha value is -3.40. The van der Waals surface area contributed by atoms with Crippen molar-refractivity contribution in [3.05, 3.63) is 77.2 Å². The monoisotopic (exact) mass is 487 g/mol. The van der Waals surface area contributed by atoms with Gasteiger partial charge in [0.15, 0.2) is 0 Å². The first-order chi connectivity index (χ1) is 16.8. The first-order valence-electron chi connectivity index (χ1n) is 11.5. The molecule has 0 saturated carbocycles. The van der Waals surface area contributed by atoms with Crippen LogP contribution in [-0.4, -0.2) is 52.6 Å². The summed E-state index contributed by atoms with van der Waals surface area (Å²) in [6, 6.07) is 14.0. The van der Waals surface area contributed by atoms with E-state index < -0.39 is 36.5 Å². The second-order valence-corrected chi connectivity index (χ2v) is 9.05. The fourth-order valence-electron chi connectivity index (χ4n) is 5.05. The predicted octanol–water partition coefficient (Wildman–Crippen LogP) is 4.65. The molecule has 2 aliphatic rings. The largest absolute Gasteiger partial charge is 0.401 e. The van der Waals surface area contributed by atoms with Crippen LogP contribution in [0.3, 0.4) is 0 Å². The highest BCUT2D eigenvalue weighted by Crippen LogP contribution is 2.32. The minimum Gasteiger partial charge on any atom is -0.333 e. The van der Waals surface area contributed by atoms with Crippen LogP contribution in [0.4, 0.5) is 28.2 Å². The zero-order valence-electron chi connectivity index (χ0n) is 18.9. The molecule has 1 saturated heterocycles. The summed E-state index contributed by atoms with van der Waals surface area (Å²) in [6.45, 7) is -0.933. The van der Waals surface area contributed by atoms with Gasteiger partial charge in [-0.1, -0.05) is 30.3 Å². The number of fused-ring (bicyclic) bond motifs is 1. The number of nitrogens with zero attached hydrogens (tertiary/aromatic N) is 3. The molecule has 6 nitrogen and oxygen atoms in total. The number of urea groups is 1. The molecule has 2 amide bonds. The van der Waals surface area contributed by atoms with Crippen molar-refractivity contribution in [2.45, 2.75) is 37.4 Å². The molecular weight excluding hydrogens is 462 g/mol. The van der Waals surface area contributed by atoms with Crippen LogP contribution in [0.1, 0.15) is 29.2 Å². The van der Waals surface area contributed by atoms with Gasteiger partial charge in [-0.2, -0.15) is 18.3 Å². The molecule has 0 bridgehead atoms. The zero-order valence-corrected chi connectivity index (χ0v) is 18.9. The highest BCUT2D eigenvalue weighted by Gasteiger charge is 2.40. The summed E-state index contributed by atoms with van der Waals surface area (Å²) in [5, 5.41) is 10.5. The lowest BCUT2D eigenvalue weighted by molar-refractivity contribution is -0.143. The summed E-state index contributed by atoms with van der Waals surface area (Å²) in [5.74, 6) is -0.262. The summed E-state index contributed by atoms with van der Waals surface area (Å²) >= 11 is 0. The first kappa shape index (κ1) is 23.3. The Morgan fingerprint density at radius 3 is 2.49 bits per heavy atom. The Kier molecular flexibility index (Phi) is 6.22. The first-order valence-corrected chi connectivity index (χ1v) is 11.5. The summed E-state index contributed by atoms with van der Waals surface area (Å²) in [5.41, 5.74) is 3.39. The number of aromatic nitrogens is 2. The highest BCUT2D eigenvalue weighted by atomic mass is 19.4. The normalized spacial score (nSPS) is 20.1. The van der Waals surface area contributed by atoms with Crippen molar-refractivity contribution < 1.29 is 22.4 Å². The molecule has 0 radical (unpaired) electrons.